The third-order valence-electron chi connectivity index (χ3n) is 10.2. The van der Waals surface area contributed by atoms with Crippen LogP contribution in [0.25, 0.3) is 11.2 Å². The van der Waals surface area contributed by atoms with Gasteiger partial charge in [0.2, 0.25) is 11.9 Å². The number of phenolic OH excluding ortho intramolecular Hbond substituents is 1. The number of carbonyl (C=O) groups excluding carboxylic acids is 2. The van der Waals surface area contributed by atoms with Crippen molar-refractivity contribution >= 4 is 34.9 Å². The Morgan fingerprint density at radius 3 is 2.35 bits per heavy atom. The lowest BCUT2D eigenvalue weighted by Crippen LogP contribution is -2.43. The Kier molecular flexibility index (Phi) is 11.2. The second-order valence-corrected chi connectivity index (χ2v) is 13.8. The summed E-state index contributed by atoms with van der Waals surface area (Å²) in [5.74, 6) is 0.598. The van der Waals surface area contributed by atoms with Crippen molar-refractivity contribution in [2.24, 2.45) is 0 Å². The Balaban J connectivity index is 1.15. The second kappa shape index (κ2) is 16.5. The molecule has 3 amide bonds. The van der Waals surface area contributed by atoms with Gasteiger partial charge in [-0.1, -0.05) is 72.8 Å². The first kappa shape index (κ1) is 36.6. The van der Waals surface area contributed by atoms with E-state index in [1.54, 1.807) is 29.1 Å². The summed E-state index contributed by atoms with van der Waals surface area (Å²) < 4.78 is 1.73. The van der Waals surface area contributed by atoms with Crippen molar-refractivity contribution in [1.29, 1.82) is 0 Å². The SMILES string of the molecule is O=C(CCO)NC1CC(n2cnc3c(NCC(c4ccccc4)c4ccccc4)nc(N4CC[C@@H](NC(=O)NCc5cccc(O)c5)C4)nc32)C(O)C1O. The van der Waals surface area contributed by atoms with E-state index in [1.807, 2.05) is 47.4 Å². The van der Waals surface area contributed by atoms with E-state index in [0.717, 1.165) is 16.7 Å². The molecule has 1 aliphatic carbocycles. The number of aromatic hydroxyl groups is 1. The van der Waals surface area contributed by atoms with Crippen LogP contribution in [0.15, 0.2) is 91.3 Å². The molecule has 2 aliphatic rings. The Bertz CT molecular complexity index is 2010. The number of fused-ring (bicyclic) bond motifs is 1. The van der Waals surface area contributed by atoms with Crippen LogP contribution < -0.4 is 26.2 Å². The maximum absolute atomic E-state index is 12.8. The molecule has 2 aromatic heterocycles. The van der Waals surface area contributed by atoms with Gasteiger partial charge in [-0.25, -0.2) is 9.78 Å². The van der Waals surface area contributed by atoms with Crippen molar-refractivity contribution in [2.45, 2.75) is 62.1 Å². The maximum atomic E-state index is 12.8. The van der Waals surface area contributed by atoms with Gasteiger partial charge in [0.15, 0.2) is 17.0 Å². The summed E-state index contributed by atoms with van der Waals surface area (Å²) in [6.45, 7) is 1.43. The minimum absolute atomic E-state index is 0.0169. The quantitative estimate of drug-likeness (QED) is 0.0881. The van der Waals surface area contributed by atoms with Crippen molar-refractivity contribution in [3.05, 3.63) is 108 Å². The number of aliphatic hydroxyl groups is 3. The number of phenols is 1. The number of amides is 3. The highest BCUT2D eigenvalue weighted by Gasteiger charge is 2.44. The predicted octanol–water partition coefficient (Wildman–Crippen LogP) is 2.39. The molecule has 54 heavy (non-hydrogen) atoms. The number of urea groups is 1. The van der Waals surface area contributed by atoms with Gasteiger partial charge in [-0.2, -0.15) is 9.97 Å². The number of aromatic nitrogens is 4. The van der Waals surface area contributed by atoms with Gasteiger partial charge in [0, 0.05) is 44.6 Å². The summed E-state index contributed by atoms with van der Waals surface area (Å²) in [4.78, 5) is 41.7. The molecule has 4 unspecified atom stereocenters. The van der Waals surface area contributed by atoms with Crippen LogP contribution in [0.5, 0.6) is 5.75 Å². The molecule has 3 aromatic carbocycles. The molecule has 0 bridgehead atoms. The lowest BCUT2D eigenvalue weighted by molar-refractivity contribution is -0.123. The molecular weight excluding hydrogens is 690 g/mol. The number of hydrogen-bond donors (Lipinski definition) is 8. The van der Waals surface area contributed by atoms with Crippen LogP contribution in [0, 0.1) is 0 Å². The number of benzene rings is 3. The zero-order chi connectivity index (χ0) is 37.6. The lowest BCUT2D eigenvalue weighted by Gasteiger charge is -2.22. The number of nitrogens with zero attached hydrogens (tertiary/aromatic N) is 5. The number of nitrogens with one attached hydrogen (secondary N) is 4. The molecule has 15 heteroatoms. The van der Waals surface area contributed by atoms with Crippen molar-refractivity contribution < 1.29 is 30.0 Å². The van der Waals surface area contributed by atoms with Crippen LogP contribution in [0.4, 0.5) is 16.6 Å². The first-order chi connectivity index (χ1) is 26.3. The van der Waals surface area contributed by atoms with Crippen LogP contribution in [0.3, 0.4) is 0 Å². The molecule has 0 radical (unpaired) electrons. The second-order valence-electron chi connectivity index (χ2n) is 13.8. The average Bonchev–Trinajstić information content (AvgIpc) is 3.90. The molecule has 2 fully saturated rings. The van der Waals surface area contributed by atoms with E-state index < -0.39 is 30.2 Å². The molecule has 0 spiro atoms. The van der Waals surface area contributed by atoms with Crippen molar-refractivity contribution in [3.8, 4) is 5.75 Å². The first-order valence-electron chi connectivity index (χ1n) is 18.2. The number of carbonyl (C=O) groups is 2. The Morgan fingerprint density at radius 2 is 1.65 bits per heavy atom. The fourth-order valence-electron chi connectivity index (χ4n) is 7.36. The van der Waals surface area contributed by atoms with Gasteiger partial charge in [-0.3, -0.25) is 4.79 Å². The van der Waals surface area contributed by atoms with E-state index in [9.17, 15) is 30.0 Å². The van der Waals surface area contributed by atoms with E-state index in [4.69, 9.17) is 15.0 Å². The Labute approximate surface area is 312 Å². The topological polar surface area (TPSA) is 210 Å². The minimum Gasteiger partial charge on any atom is -0.508 e. The van der Waals surface area contributed by atoms with Crippen LogP contribution in [0.1, 0.15) is 47.9 Å². The first-order valence-corrected chi connectivity index (χ1v) is 18.2. The van der Waals surface area contributed by atoms with Crippen LogP contribution in [-0.2, 0) is 11.3 Å². The third-order valence-corrected chi connectivity index (χ3v) is 10.2. The molecule has 3 heterocycles. The summed E-state index contributed by atoms with van der Waals surface area (Å²) in [6.07, 6.45) is -0.141. The largest absolute Gasteiger partial charge is 0.508 e. The molecule has 5 aromatic rings. The van der Waals surface area contributed by atoms with Crippen LogP contribution in [0.2, 0.25) is 0 Å². The number of imidazole rings is 1. The summed E-state index contributed by atoms with van der Waals surface area (Å²) in [5, 5.41) is 53.2. The van der Waals surface area contributed by atoms with Crippen molar-refractivity contribution in [1.82, 2.24) is 35.5 Å². The molecule has 282 valence electrons. The van der Waals surface area contributed by atoms with E-state index in [1.165, 1.54) is 0 Å². The van der Waals surface area contributed by atoms with Crippen molar-refractivity contribution in [2.75, 3.05) is 36.5 Å². The van der Waals surface area contributed by atoms with E-state index in [-0.39, 0.29) is 49.7 Å². The summed E-state index contributed by atoms with van der Waals surface area (Å²) in [7, 11) is 0. The fourth-order valence-corrected chi connectivity index (χ4v) is 7.36. The molecule has 5 atom stereocenters. The summed E-state index contributed by atoms with van der Waals surface area (Å²) in [5.41, 5.74) is 3.95. The number of aliphatic hydroxyl groups excluding tert-OH is 3. The molecule has 1 saturated heterocycles. The average molecular weight is 736 g/mol. The predicted molar refractivity (Wildman–Crippen MR) is 202 cm³/mol. The zero-order valence-electron chi connectivity index (χ0n) is 29.6. The van der Waals surface area contributed by atoms with E-state index >= 15 is 0 Å². The van der Waals surface area contributed by atoms with Gasteiger partial charge >= 0.3 is 6.03 Å². The number of anilines is 2. The van der Waals surface area contributed by atoms with Crippen molar-refractivity contribution in [3.63, 3.8) is 0 Å². The molecule has 8 N–H and O–H groups in total. The van der Waals surface area contributed by atoms with Gasteiger partial charge in [-0.05, 0) is 41.7 Å². The van der Waals surface area contributed by atoms with Gasteiger partial charge in [0.1, 0.15) is 18.0 Å². The van der Waals surface area contributed by atoms with Gasteiger partial charge in [-0.15, -0.1) is 0 Å². The number of rotatable bonds is 13. The molecule has 1 aliphatic heterocycles. The summed E-state index contributed by atoms with van der Waals surface area (Å²) in [6, 6.07) is 25.2. The third kappa shape index (κ3) is 8.23. The zero-order valence-corrected chi connectivity index (χ0v) is 29.6. The highest BCUT2D eigenvalue weighted by Crippen LogP contribution is 2.35. The smallest absolute Gasteiger partial charge is 0.315 e. The van der Waals surface area contributed by atoms with Gasteiger partial charge in [0.25, 0.3) is 0 Å². The monoisotopic (exact) mass is 735 g/mol. The molecule has 15 nitrogen and oxygen atoms in total. The number of hydrogen-bond acceptors (Lipinski definition) is 11. The van der Waals surface area contributed by atoms with Gasteiger partial charge < -0.3 is 51.2 Å². The van der Waals surface area contributed by atoms with E-state index in [2.05, 4.69) is 45.5 Å². The highest BCUT2D eigenvalue weighted by atomic mass is 16.3. The standard InChI is InChI=1S/C39H45N9O6/c49-17-15-32(51)44-30-19-31(35(53)34(30)52)48-23-42-33-36(40-21-29(25-9-3-1-4-10-25)26-11-5-2-6-12-26)45-38(46-37(33)48)47-16-14-27(22-47)43-39(54)41-20-24-8-7-13-28(50)18-24/h1-13,18,23,27,29-31,34-35,49-50,52-53H,14-17,19-22H2,(H,44,51)(H,40,45,46)(H2,41,43,54)/t27-,30?,31?,34?,35?/m1/s1. The van der Waals surface area contributed by atoms with Crippen LogP contribution >= 0.6 is 0 Å². The molecule has 1 saturated carbocycles. The fraction of sp³-hybridized carbons (Fsp3) is 0.359. The lowest BCUT2D eigenvalue weighted by atomic mass is 9.91. The Hall–Kier alpha value is -5.77. The maximum Gasteiger partial charge on any atom is 0.315 e. The molecule has 7 rings (SSSR count). The van der Waals surface area contributed by atoms with E-state index in [0.29, 0.717) is 49.0 Å². The normalized spacial score (nSPS) is 21.0. The van der Waals surface area contributed by atoms with Crippen LogP contribution in [-0.4, -0.2) is 102 Å². The van der Waals surface area contributed by atoms with Gasteiger partial charge in [0.05, 0.1) is 25.0 Å². The molecular formula is C39H45N9O6. The minimum atomic E-state index is -1.24. The highest BCUT2D eigenvalue weighted by molar-refractivity contribution is 5.85. The Morgan fingerprint density at radius 1 is 0.907 bits per heavy atom. The summed E-state index contributed by atoms with van der Waals surface area (Å²) >= 11 is 0.